The molecule has 11 heavy (non-hydrogen) atoms. The van der Waals surface area contributed by atoms with E-state index < -0.39 is 0 Å². The second-order valence-electron chi connectivity index (χ2n) is 3.46. The van der Waals surface area contributed by atoms with Crippen molar-refractivity contribution >= 4 is 5.91 Å². The first kappa shape index (κ1) is 8.53. The van der Waals surface area contributed by atoms with Gasteiger partial charge in [-0.1, -0.05) is 0 Å². The normalized spacial score (nSPS) is 36.1. The summed E-state index contributed by atoms with van der Waals surface area (Å²) in [5.74, 6) is 0.0492. The van der Waals surface area contributed by atoms with Crippen LogP contribution >= 0.6 is 0 Å². The van der Waals surface area contributed by atoms with Gasteiger partial charge in [-0.3, -0.25) is 4.79 Å². The molecule has 0 heterocycles. The minimum atomic E-state index is 0.00706. The van der Waals surface area contributed by atoms with Crippen molar-refractivity contribution in [2.75, 3.05) is 7.11 Å². The van der Waals surface area contributed by atoms with E-state index in [0.717, 1.165) is 12.8 Å². The van der Waals surface area contributed by atoms with Crippen molar-refractivity contribution in [1.82, 2.24) is 5.32 Å². The number of hydrogen-bond acceptors (Lipinski definition) is 2. The van der Waals surface area contributed by atoms with Gasteiger partial charge >= 0.3 is 0 Å². The molecule has 0 aromatic rings. The molecule has 0 radical (unpaired) electrons. The lowest BCUT2D eigenvalue weighted by Gasteiger charge is -2.44. The maximum absolute atomic E-state index is 10.6. The summed E-state index contributed by atoms with van der Waals surface area (Å²) in [7, 11) is 1.71. The van der Waals surface area contributed by atoms with Crippen molar-refractivity contribution in [2.45, 2.75) is 38.3 Å². The Hall–Kier alpha value is -0.570. The summed E-state index contributed by atoms with van der Waals surface area (Å²) in [5.41, 5.74) is 0.00706. The second-order valence-corrected chi connectivity index (χ2v) is 3.46. The van der Waals surface area contributed by atoms with E-state index in [1.165, 1.54) is 0 Å². The van der Waals surface area contributed by atoms with E-state index in [0.29, 0.717) is 6.04 Å². The molecule has 0 atom stereocenters. The third kappa shape index (κ3) is 1.93. The Morgan fingerprint density at radius 1 is 1.64 bits per heavy atom. The number of carbonyl (C=O) groups is 1. The van der Waals surface area contributed by atoms with E-state index in [4.69, 9.17) is 4.74 Å². The molecule has 3 heteroatoms. The SMILES string of the molecule is CO[C@]1(C)C[C@@H](NC(C)=O)C1. The molecule has 0 aromatic carbocycles. The molecule has 1 N–H and O–H groups in total. The molecule has 0 aromatic heterocycles. The molecule has 1 aliphatic carbocycles. The fourth-order valence-electron chi connectivity index (χ4n) is 1.54. The van der Waals surface area contributed by atoms with Gasteiger partial charge in [0.1, 0.15) is 0 Å². The molecule has 0 unspecified atom stereocenters. The average Bonchev–Trinajstić information content (AvgIpc) is 1.83. The summed E-state index contributed by atoms with van der Waals surface area (Å²) in [6.07, 6.45) is 1.87. The molecule has 1 amide bonds. The summed E-state index contributed by atoms with van der Waals surface area (Å²) in [5, 5.41) is 2.85. The van der Waals surface area contributed by atoms with Crippen LogP contribution < -0.4 is 5.32 Å². The highest BCUT2D eigenvalue weighted by Gasteiger charge is 2.40. The highest BCUT2D eigenvalue weighted by atomic mass is 16.5. The van der Waals surface area contributed by atoms with Gasteiger partial charge in [-0.05, 0) is 19.8 Å². The summed E-state index contributed by atoms with van der Waals surface area (Å²) in [6, 6.07) is 0.331. The van der Waals surface area contributed by atoms with Crippen LogP contribution in [-0.2, 0) is 9.53 Å². The van der Waals surface area contributed by atoms with Gasteiger partial charge in [-0.15, -0.1) is 0 Å². The molecule has 1 fully saturated rings. The molecule has 1 saturated carbocycles. The molecule has 0 aliphatic heterocycles. The lowest BCUT2D eigenvalue weighted by atomic mass is 9.77. The van der Waals surface area contributed by atoms with Crippen LogP contribution in [0.15, 0.2) is 0 Å². The first-order chi connectivity index (χ1) is 5.06. The predicted octanol–water partition coefficient (Wildman–Crippen LogP) is 0.690. The van der Waals surface area contributed by atoms with Crippen LogP contribution in [0.2, 0.25) is 0 Å². The molecule has 0 bridgehead atoms. The molecule has 1 rings (SSSR count). The molecule has 0 saturated heterocycles. The van der Waals surface area contributed by atoms with E-state index >= 15 is 0 Å². The van der Waals surface area contributed by atoms with Gasteiger partial charge in [0.2, 0.25) is 5.91 Å². The van der Waals surface area contributed by atoms with Gasteiger partial charge in [-0.2, -0.15) is 0 Å². The zero-order valence-electron chi connectivity index (χ0n) is 7.31. The second kappa shape index (κ2) is 2.81. The number of nitrogens with one attached hydrogen (secondary N) is 1. The summed E-state index contributed by atoms with van der Waals surface area (Å²) in [6.45, 7) is 3.60. The third-order valence-corrected chi connectivity index (χ3v) is 2.26. The Labute approximate surface area is 67.1 Å². The Bertz CT molecular complexity index is 161. The standard InChI is InChI=1S/C8H15NO2/c1-6(10)9-7-4-8(2,5-7)11-3/h7H,4-5H2,1-3H3,(H,9,10)/t7-,8-. The quantitative estimate of drug-likeness (QED) is 0.640. The maximum atomic E-state index is 10.6. The molecule has 0 spiro atoms. The largest absolute Gasteiger partial charge is 0.378 e. The smallest absolute Gasteiger partial charge is 0.217 e. The van der Waals surface area contributed by atoms with Crippen molar-refractivity contribution in [3.63, 3.8) is 0 Å². The number of methoxy groups -OCH3 is 1. The van der Waals surface area contributed by atoms with E-state index in [9.17, 15) is 4.79 Å². The number of carbonyl (C=O) groups excluding carboxylic acids is 1. The van der Waals surface area contributed by atoms with Gasteiger partial charge in [0.25, 0.3) is 0 Å². The average molecular weight is 157 g/mol. The van der Waals surface area contributed by atoms with Crippen molar-refractivity contribution in [2.24, 2.45) is 0 Å². The molecular weight excluding hydrogens is 142 g/mol. The lowest BCUT2D eigenvalue weighted by Crippen LogP contribution is -2.53. The Morgan fingerprint density at radius 2 is 2.18 bits per heavy atom. The van der Waals surface area contributed by atoms with Crippen LogP contribution in [0.4, 0.5) is 0 Å². The molecular formula is C8H15NO2. The topological polar surface area (TPSA) is 38.3 Å². The van der Waals surface area contributed by atoms with Crippen LogP contribution in [0.25, 0.3) is 0 Å². The Morgan fingerprint density at radius 3 is 2.55 bits per heavy atom. The number of amides is 1. The zero-order valence-corrected chi connectivity index (χ0v) is 7.31. The molecule has 64 valence electrons. The van der Waals surface area contributed by atoms with Gasteiger partial charge in [0, 0.05) is 20.1 Å². The van der Waals surface area contributed by atoms with E-state index in [-0.39, 0.29) is 11.5 Å². The van der Waals surface area contributed by atoms with E-state index in [1.54, 1.807) is 14.0 Å². The van der Waals surface area contributed by atoms with Crippen LogP contribution in [0, 0.1) is 0 Å². The van der Waals surface area contributed by atoms with Gasteiger partial charge in [0.15, 0.2) is 0 Å². The minimum Gasteiger partial charge on any atom is -0.378 e. The minimum absolute atomic E-state index is 0.00706. The fraction of sp³-hybridized carbons (Fsp3) is 0.875. The highest BCUT2D eigenvalue weighted by molar-refractivity contribution is 5.73. The summed E-state index contributed by atoms with van der Waals surface area (Å²) in [4.78, 5) is 10.6. The van der Waals surface area contributed by atoms with Crippen LogP contribution in [0.3, 0.4) is 0 Å². The van der Waals surface area contributed by atoms with Crippen molar-refractivity contribution in [1.29, 1.82) is 0 Å². The Kier molecular flexibility index (Phi) is 2.18. The van der Waals surface area contributed by atoms with Gasteiger partial charge < -0.3 is 10.1 Å². The van der Waals surface area contributed by atoms with Crippen LogP contribution in [0.5, 0.6) is 0 Å². The predicted molar refractivity (Wildman–Crippen MR) is 42.3 cm³/mol. The number of rotatable bonds is 2. The summed E-state index contributed by atoms with van der Waals surface area (Å²) >= 11 is 0. The first-order valence-corrected chi connectivity index (χ1v) is 3.88. The van der Waals surface area contributed by atoms with Crippen LogP contribution in [0.1, 0.15) is 26.7 Å². The summed E-state index contributed by atoms with van der Waals surface area (Å²) < 4.78 is 5.23. The molecule has 3 nitrogen and oxygen atoms in total. The van der Waals surface area contributed by atoms with Crippen molar-refractivity contribution < 1.29 is 9.53 Å². The molecule has 1 aliphatic rings. The van der Waals surface area contributed by atoms with Gasteiger partial charge in [0.05, 0.1) is 5.60 Å². The third-order valence-electron chi connectivity index (χ3n) is 2.26. The van der Waals surface area contributed by atoms with E-state index in [1.807, 2.05) is 0 Å². The highest BCUT2D eigenvalue weighted by Crippen LogP contribution is 2.34. The van der Waals surface area contributed by atoms with Crippen molar-refractivity contribution in [3.05, 3.63) is 0 Å². The first-order valence-electron chi connectivity index (χ1n) is 3.88. The zero-order chi connectivity index (χ0) is 8.48. The fourth-order valence-corrected chi connectivity index (χ4v) is 1.54. The number of ether oxygens (including phenoxy) is 1. The monoisotopic (exact) mass is 157 g/mol. The maximum Gasteiger partial charge on any atom is 0.217 e. The Balaban J connectivity index is 2.23. The van der Waals surface area contributed by atoms with E-state index in [2.05, 4.69) is 12.2 Å². The van der Waals surface area contributed by atoms with Gasteiger partial charge in [-0.25, -0.2) is 0 Å². The van der Waals surface area contributed by atoms with Crippen molar-refractivity contribution in [3.8, 4) is 0 Å². The van der Waals surface area contributed by atoms with Crippen LogP contribution in [-0.4, -0.2) is 24.7 Å². The number of hydrogen-bond donors (Lipinski definition) is 1. The lowest BCUT2D eigenvalue weighted by molar-refractivity contribution is -0.124.